The van der Waals surface area contributed by atoms with Crippen molar-refractivity contribution in [1.29, 1.82) is 0 Å². The number of likely N-dealkylation sites (N-methyl/N-ethyl adjacent to an activating group) is 1. The van der Waals surface area contributed by atoms with Gasteiger partial charge in [0.1, 0.15) is 0 Å². The molecule has 1 aromatic heterocycles. The van der Waals surface area contributed by atoms with Crippen LogP contribution in [0.4, 0.5) is 11.4 Å². The lowest BCUT2D eigenvalue weighted by Crippen LogP contribution is -2.19. The molecule has 0 amide bonds. The van der Waals surface area contributed by atoms with Gasteiger partial charge in [-0.1, -0.05) is 0 Å². The summed E-state index contributed by atoms with van der Waals surface area (Å²) in [7, 11) is 2.11. The Labute approximate surface area is 114 Å². The van der Waals surface area contributed by atoms with E-state index in [0.717, 1.165) is 18.7 Å². The molecule has 1 heterocycles. The summed E-state index contributed by atoms with van der Waals surface area (Å²) in [5, 5.41) is 2.12. The number of nitrogens with two attached hydrogens (primary N) is 1. The van der Waals surface area contributed by atoms with E-state index in [9.17, 15) is 0 Å². The summed E-state index contributed by atoms with van der Waals surface area (Å²) in [4.78, 5) is 3.65. The fourth-order valence-electron chi connectivity index (χ4n) is 1.62. The van der Waals surface area contributed by atoms with Gasteiger partial charge in [0.2, 0.25) is 0 Å². The van der Waals surface area contributed by atoms with E-state index in [1.807, 2.05) is 12.1 Å². The molecule has 90 valence electrons. The smallest absolute Gasteiger partial charge is 0.0365 e. The minimum Gasteiger partial charge on any atom is -0.399 e. The van der Waals surface area contributed by atoms with Gasteiger partial charge in [0.15, 0.2) is 0 Å². The van der Waals surface area contributed by atoms with Crippen LogP contribution >= 0.6 is 27.3 Å². The number of benzene rings is 1. The van der Waals surface area contributed by atoms with Crippen LogP contribution in [0.25, 0.3) is 0 Å². The van der Waals surface area contributed by atoms with Crippen LogP contribution in [0, 0.1) is 0 Å². The maximum absolute atomic E-state index is 5.67. The molecule has 0 unspecified atom stereocenters. The third-order valence-corrected chi connectivity index (χ3v) is 4.41. The maximum Gasteiger partial charge on any atom is 0.0365 e. The highest BCUT2D eigenvalue weighted by molar-refractivity contribution is 9.10. The second kappa shape index (κ2) is 5.56. The Kier molecular flexibility index (Phi) is 4.07. The van der Waals surface area contributed by atoms with Crippen LogP contribution in [0.3, 0.4) is 0 Å². The van der Waals surface area contributed by atoms with E-state index in [1.54, 1.807) is 11.3 Å². The number of hydrogen-bond acceptors (Lipinski definition) is 3. The summed E-state index contributed by atoms with van der Waals surface area (Å²) in [6.07, 6.45) is 1.07. The first kappa shape index (κ1) is 12.5. The molecule has 17 heavy (non-hydrogen) atoms. The van der Waals surface area contributed by atoms with Crippen molar-refractivity contribution in [3.05, 3.63) is 45.1 Å². The van der Waals surface area contributed by atoms with Gasteiger partial charge in [-0.3, -0.25) is 0 Å². The van der Waals surface area contributed by atoms with E-state index < -0.39 is 0 Å². The molecular weight excluding hydrogens is 296 g/mol. The molecule has 0 fully saturated rings. The monoisotopic (exact) mass is 310 g/mol. The lowest BCUT2D eigenvalue weighted by molar-refractivity contribution is 0.887. The third kappa shape index (κ3) is 3.48. The minimum atomic E-state index is 0.810. The van der Waals surface area contributed by atoms with Gasteiger partial charge in [-0.05, 0) is 52.7 Å². The van der Waals surface area contributed by atoms with Gasteiger partial charge < -0.3 is 10.6 Å². The quantitative estimate of drug-likeness (QED) is 0.871. The van der Waals surface area contributed by atoms with Crippen molar-refractivity contribution in [2.45, 2.75) is 6.42 Å². The molecule has 0 aliphatic rings. The Balaban J connectivity index is 1.93. The van der Waals surface area contributed by atoms with Crippen molar-refractivity contribution in [2.24, 2.45) is 0 Å². The highest BCUT2D eigenvalue weighted by Crippen LogP contribution is 2.21. The molecule has 0 bridgehead atoms. The molecule has 2 N–H and O–H groups in total. The van der Waals surface area contributed by atoms with E-state index in [0.29, 0.717) is 0 Å². The van der Waals surface area contributed by atoms with E-state index in [2.05, 4.69) is 51.5 Å². The van der Waals surface area contributed by atoms with Crippen molar-refractivity contribution in [3.63, 3.8) is 0 Å². The summed E-state index contributed by atoms with van der Waals surface area (Å²) in [6.45, 7) is 1.01. The zero-order valence-electron chi connectivity index (χ0n) is 9.69. The Hall–Kier alpha value is -1.00. The summed E-state index contributed by atoms with van der Waals surface area (Å²) in [6, 6.07) is 10.2. The van der Waals surface area contributed by atoms with Crippen LogP contribution in [0.5, 0.6) is 0 Å². The van der Waals surface area contributed by atoms with Gasteiger partial charge in [-0.25, -0.2) is 0 Å². The number of nitrogen functional groups attached to an aromatic ring is 1. The van der Waals surface area contributed by atoms with Crippen LogP contribution in [0.1, 0.15) is 4.88 Å². The molecule has 0 radical (unpaired) electrons. The lowest BCUT2D eigenvalue weighted by atomic mass is 10.2. The van der Waals surface area contributed by atoms with Crippen molar-refractivity contribution >= 4 is 38.6 Å². The summed E-state index contributed by atoms with van der Waals surface area (Å²) in [5.74, 6) is 0. The maximum atomic E-state index is 5.67. The van der Waals surface area contributed by atoms with Crippen LogP contribution < -0.4 is 10.6 Å². The topological polar surface area (TPSA) is 29.3 Å². The number of halogens is 1. The van der Waals surface area contributed by atoms with Crippen LogP contribution in [-0.4, -0.2) is 13.6 Å². The Morgan fingerprint density at radius 3 is 2.59 bits per heavy atom. The molecule has 0 aliphatic heterocycles. The van der Waals surface area contributed by atoms with Crippen LogP contribution in [0.2, 0.25) is 0 Å². The fourth-order valence-corrected chi connectivity index (χ4v) is 3.07. The Morgan fingerprint density at radius 2 is 2.00 bits per heavy atom. The minimum absolute atomic E-state index is 0.810. The van der Waals surface area contributed by atoms with Crippen molar-refractivity contribution in [3.8, 4) is 0 Å². The molecular formula is C13H15BrN2S. The Bertz CT molecular complexity index is 478. The SMILES string of the molecule is CN(CCc1cc(Br)cs1)c1ccc(N)cc1. The first-order valence-electron chi connectivity index (χ1n) is 5.45. The van der Waals surface area contributed by atoms with Gasteiger partial charge in [0, 0.05) is 39.7 Å². The zero-order chi connectivity index (χ0) is 12.3. The first-order valence-corrected chi connectivity index (χ1v) is 7.12. The number of hydrogen-bond donors (Lipinski definition) is 1. The average molecular weight is 311 g/mol. The van der Waals surface area contributed by atoms with E-state index in [1.165, 1.54) is 15.0 Å². The molecule has 4 heteroatoms. The molecule has 0 saturated heterocycles. The number of rotatable bonds is 4. The molecule has 2 rings (SSSR count). The molecule has 2 aromatic rings. The zero-order valence-corrected chi connectivity index (χ0v) is 12.1. The lowest BCUT2D eigenvalue weighted by Gasteiger charge is -2.18. The van der Waals surface area contributed by atoms with Crippen molar-refractivity contribution in [2.75, 3.05) is 24.2 Å². The van der Waals surface area contributed by atoms with Crippen molar-refractivity contribution in [1.82, 2.24) is 0 Å². The van der Waals surface area contributed by atoms with Gasteiger partial charge >= 0.3 is 0 Å². The second-order valence-electron chi connectivity index (χ2n) is 3.99. The highest BCUT2D eigenvalue weighted by Gasteiger charge is 2.02. The predicted octanol–water partition coefficient (Wildman–Crippen LogP) is 3.77. The standard InChI is InChI=1S/C13H15BrN2S/c1-16(12-4-2-11(15)3-5-12)7-6-13-8-10(14)9-17-13/h2-5,8-9H,6-7,15H2,1H3. The van der Waals surface area contributed by atoms with Crippen molar-refractivity contribution < 1.29 is 0 Å². The van der Waals surface area contributed by atoms with Gasteiger partial charge in [0.05, 0.1) is 0 Å². The molecule has 1 aromatic carbocycles. The highest BCUT2D eigenvalue weighted by atomic mass is 79.9. The van der Waals surface area contributed by atoms with E-state index in [-0.39, 0.29) is 0 Å². The van der Waals surface area contributed by atoms with Crippen LogP contribution in [0.15, 0.2) is 40.2 Å². The molecule has 0 atom stereocenters. The second-order valence-corrected chi connectivity index (χ2v) is 5.91. The Morgan fingerprint density at radius 1 is 1.29 bits per heavy atom. The fraction of sp³-hybridized carbons (Fsp3) is 0.231. The van der Waals surface area contributed by atoms with E-state index in [4.69, 9.17) is 5.73 Å². The van der Waals surface area contributed by atoms with Gasteiger partial charge in [-0.2, -0.15) is 0 Å². The largest absolute Gasteiger partial charge is 0.399 e. The molecule has 0 saturated carbocycles. The third-order valence-electron chi connectivity index (χ3n) is 2.65. The normalized spacial score (nSPS) is 10.5. The number of nitrogens with zero attached hydrogens (tertiary/aromatic N) is 1. The van der Waals surface area contributed by atoms with Gasteiger partial charge in [-0.15, -0.1) is 11.3 Å². The summed E-state index contributed by atoms with van der Waals surface area (Å²) < 4.78 is 1.17. The number of thiophene rings is 1. The average Bonchev–Trinajstić information content (AvgIpc) is 2.73. The number of anilines is 2. The summed E-state index contributed by atoms with van der Waals surface area (Å²) in [5.41, 5.74) is 7.69. The molecule has 0 aliphatic carbocycles. The molecule has 0 spiro atoms. The predicted molar refractivity (Wildman–Crippen MR) is 79.8 cm³/mol. The summed E-state index contributed by atoms with van der Waals surface area (Å²) >= 11 is 5.27. The van der Waals surface area contributed by atoms with Crippen LogP contribution in [-0.2, 0) is 6.42 Å². The first-order chi connectivity index (χ1) is 8.15. The molecule has 2 nitrogen and oxygen atoms in total. The van der Waals surface area contributed by atoms with Gasteiger partial charge in [0.25, 0.3) is 0 Å². The van der Waals surface area contributed by atoms with E-state index >= 15 is 0 Å².